The Morgan fingerprint density at radius 3 is 2.45 bits per heavy atom. The van der Waals surface area contributed by atoms with Gasteiger partial charge in [-0.05, 0) is 67.8 Å². The predicted octanol–water partition coefficient (Wildman–Crippen LogP) is 3.54. The van der Waals surface area contributed by atoms with E-state index in [9.17, 15) is 17.6 Å². The first-order valence-corrected chi connectivity index (χ1v) is 12.4. The lowest BCUT2D eigenvalue weighted by atomic mass is 10.1. The van der Waals surface area contributed by atoms with Gasteiger partial charge in [0.1, 0.15) is 11.6 Å². The fourth-order valence-electron chi connectivity index (χ4n) is 3.76. The summed E-state index contributed by atoms with van der Waals surface area (Å²) in [6, 6.07) is 12.3. The van der Waals surface area contributed by atoms with Crippen molar-refractivity contribution < 1.29 is 12.8 Å². The van der Waals surface area contributed by atoms with Gasteiger partial charge in [0.15, 0.2) is 0 Å². The molecular formula is C23H24ClFN4O3S. The van der Waals surface area contributed by atoms with Gasteiger partial charge in [-0.25, -0.2) is 12.8 Å². The van der Waals surface area contributed by atoms with Crippen LogP contribution in [-0.2, 0) is 10.0 Å². The summed E-state index contributed by atoms with van der Waals surface area (Å²) in [6.07, 6.45) is 0.568. The lowest BCUT2D eigenvalue weighted by Gasteiger charge is -2.23. The summed E-state index contributed by atoms with van der Waals surface area (Å²) in [4.78, 5) is 14.4. The molecule has 0 saturated carbocycles. The van der Waals surface area contributed by atoms with Crippen molar-refractivity contribution >= 4 is 27.4 Å². The van der Waals surface area contributed by atoms with Gasteiger partial charge in [0.2, 0.25) is 10.0 Å². The van der Waals surface area contributed by atoms with Crippen molar-refractivity contribution in [3.8, 4) is 5.69 Å². The van der Waals surface area contributed by atoms with Gasteiger partial charge in [0.25, 0.3) is 5.56 Å². The van der Waals surface area contributed by atoms with E-state index in [0.29, 0.717) is 37.6 Å². The van der Waals surface area contributed by atoms with Crippen LogP contribution in [0.4, 0.5) is 10.2 Å². The first-order chi connectivity index (χ1) is 15.7. The van der Waals surface area contributed by atoms with Crippen LogP contribution in [0.15, 0.2) is 58.2 Å². The van der Waals surface area contributed by atoms with E-state index in [-0.39, 0.29) is 22.0 Å². The van der Waals surface area contributed by atoms with Gasteiger partial charge >= 0.3 is 0 Å². The van der Waals surface area contributed by atoms with Crippen LogP contribution in [0.5, 0.6) is 0 Å². The zero-order valence-electron chi connectivity index (χ0n) is 18.3. The van der Waals surface area contributed by atoms with Gasteiger partial charge in [0, 0.05) is 32.2 Å². The van der Waals surface area contributed by atoms with E-state index in [1.807, 2.05) is 36.9 Å². The summed E-state index contributed by atoms with van der Waals surface area (Å²) in [5, 5.41) is 4.32. The third kappa shape index (κ3) is 4.80. The minimum atomic E-state index is -3.82. The zero-order chi connectivity index (χ0) is 23.8. The number of hydrogen-bond acceptors (Lipinski definition) is 5. The number of aromatic nitrogens is 2. The van der Waals surface area contributed by atoms with Crippen LogP contribution in [0.25, 0.3) is 5.69 Å². The van der Waals surface area contributed by atoms with Gasteiger partial charge in [-0.15, -0.1) is 5.10 Å². The average molecular weight is 491 g/mol. The van der Waals surface area contributed by atoms with Crippen LogP contribution in [0.3, 0.4) is 0 Å². The molecule has 0 unspecified atom stereocenters. The fraction of sp³-hybridized carbons (Fsp3) is 0.304. The standard InChI is InChI=1S/C23H24ClFN4O3S/c1-16-4-5-18(14-17(16)2)29-23(30)9-8-22(26-29)27-10-3-11-28(13-12-27)33(31,32)19-6-7-21(25)20(24)15-19/h4-9,14-15H,3,10-13H2,1-2H3. The Morgan fingerprint density at radius 2 is 1.73 bits per heavy atom. The molecule has 1 saturated heterocycles. The van der Waals surface area contributed by atoms with Crippen molar-refractivity contribution in [2.45, 2.75) is 25.2 Å². The van der Waals surface area contributed by atoms with Gasteiger partial charge in [-0.2, -0.15) is 8.99 Å². The first-order valence-electron chi connectivity index (χ1n) is 10.5. The van der Waals surface area contributed by atoms with Crippen LogP contribution < -0.4 is 10.5 Å². The number of aryl methyl sites for hydroxylation is 2. The molecule has 0 N–H and O–H groups in total. The van der Waals surface area contributed by atoms with Crippen molar-refractivity contribution in [2.24, 2.45) is 0 Å². The molecule has 174 valence electrons. The van der Waals surface area contributed by atoms with Gasteiger partial charge < -0.3 is 4.90 Å². The number of halogens is 2. The van der Waals surface area contributed by atoms with Crippen LogP contribution in [0, 0.1) is 19.7 Å². The molecule has 0 amide bonds. The highest BCUT2D eigenvalue weighted by Crippen LogP contribution is 2.24. The molecule has 10 heteroatoms. The predicted molar refractivity (Wildman–Crippen MR) is 126 cm³/mol. The van der Waals surface area contributed by atoms with E-state index >= 15 is 0 Å². The molecule has 0 radical (unpaired) electrons. The monoisotopic (exact) mass is 490 g/mol. The number of nitrogens with zero attached hydrogens (tertiary/aromatic N) is 4. The molecule has 1 aliphatic heterocycles. The maximum atomic E-state index is 13.5. The second-order valence-corrected chi connectivity index (χ2v) is 10.4. The largest absolute Gasteiger partial charge is 0.354 e. The van der Waals surface area contributed by atoms with Gasteiger partial charge in [0.05, 0.1) is 15.6 Å². The Labute approximate surface area is 197 Å². The lowest BCUT2D eigenvalue weighted by molar-refractivity contribution is 0.433. The molecular weight excluding hydrogens is 467 g/mol. The number of sulfonamides is 1. The smallest absolute Gasteiger partial charge is 0.271 e. The number of rotatable bonds is 4. The van der Waals surface area contributed by atoms with Crippen LogP contribution >= 0.6 is 11.6 Å². The van der Waals surface area contributed by atoms with E-state index < -0.39 is 15.8 Å². The van der Waals surface area contributed by atoms with E-state index in [1.165, 1.54) is 21.1 Å². The van der Waals surface area contributed by atoms with Crippen LogP contribution in [0.2, 0.25) is 5.02 Å². The third-order valence-electron chi connectivity index (χ3n) is 5.83. The van der Waals surface area contributed by atoms with E-state index in [1.54, 1.807) is 6.07 Å². The molecule has 0 aliphatic carbocycles. The quantitative estimate of drug-likeness (QED) is 0.559. The maximum absolute atomic E-state index is 13.5. The highest BCUT2D eigenvalue weighted by molar-refractivity contribution is 7.89. The second kappa shape index (κ2) is 9.24. The Morgan fingerprint density at radius 1 is 0.939 bits per heavy atom. The van der Waals surface area contributed by atoms with Gasteiger partial charge in [-0.1, -0.05) is 17.7 Å². The zero-order valence-corrected chi connectivity index (χ0v) is 19.9. The molecule has 0 atom stereocenters. The van der Waals surface area contributed by atoms with Crippen LogP contribution in [-0.4, -0.2) is 48.7 Å². The average Bonchev–Trinajstić information content (AvgIpc) is 3.05. The van der Waals surface area contributed by atoms with Crippen molar-refractivity contribution in [3.63, 3.8) is 0 Å². The van der Waals surface area contributed by atoms with Crippen molar-refractivity contribution in [3.05, 3.63) is 80.9 Å². The summed E-state index contributed by atoms with van der Waals surface area (Å²) in [5.41, 5.74) is 2.62. The molecule has 4 rings (SSSR count). The number of hydrogen-bond donors (Lipinski definition) is 0. The molecule has 1 fully saturated rings. The topological polar surface area (TPSA) is 75.5 Å². The molecule has 2 heterocycles. The molecule has 1 aromatic heterocycles. The molecule has 0 bridgehead atoms. The normalized spacial score (nSPS) is 15.5. The molecule has 33 heavy (non-hydrogen) atoms. The van der Waals surface area contributed by atoms with E-state index in [4.69, 9.17) is 11.6 Å². The fourth-order valence-corrected chi connectivity index (χ4v) is 5.50. The molecule has 7 nitrogen and oxygen atoms in total. The minimum absolute atomic E-state index is 0.0382. The highest BCUT2D eigenvalue weighted by Gasteiger charge is 2.28. The molecule has 0 spiro atoms. The minimum Gasteiger partial charge on any atom is -0.354 e. The Hall–Kier alpha value is -2.75. The van der Waals surface area contributed by atoms with Gasteiger partial charge in [-0.3, -0.25) is 4.79 Å². The first kappa shape index (κ1) is 23.4. The number of benzene rings is 2. The summed E-state index contributed by atoms with van der Waals surface area (Å²) in [6.45, 7) is 5.49. The van der Waals surface area contributed by atoms with Crippen molar-refractivity contribution in [2.75, 3.05) is 31.1 Å². The SMILES string of the molecule is Cc1ccc(-n2nc(N3CCCN(S(=O)(=O)c4ccc(F)c(Cl)c4)CC3)ccc2=O)cc1C. The lowest BCUT2D eigenvalue weighted by Crippen LogP contribution is -2.36. The van der Waals surface area contributed by atoms with Crippen molar-refractivity contribution in [1.82, 2.24) is 14.1 Å². The van der Waals surface area contributed by atoms with E-state index in [2.05, 4.69) is 5.10 Å². The highest BCUT2D eigenvalue weighted by atomic mass is 35.5. The summed E-state index contributed by atoms with van der Waals surface area (Å²) in [7, 11) is -3.82. The Bertz CT molecular complexity index is 1360. The maximum Gasteiger partial charge on any atom is 0.271 e. The molecule has 2 aromatic carbocycles. The molecule has 1 aliphatic rings. The summed E-state index contributed by atoms with van der Waals surface area (Å²) >= 11 is 5.79. The number of anilines is 1. The van der Waals surface area contributed by atoms with Crippen LogP contribution in [0.1, 0.15) is 17.5 Å². The van der Waals surface area contributed by atoms with Crippen molar-refractivity contribution in [1.29, 1.82) is 0 Å². The molecule has 3 aromatic rings. The third-order valence-corrected chi connectivity index (χ3v) is 8.01. The van der Waals surface area contributed by atoms with E-state index in [0.717, 1.165) is 23.3 Å². The second-order valence-electron chi connectivity index (χ2n) is 8.03. The Kier molecular flexibility index (Phi) is 6.56. The summed E-state index contributed by atoms with van der Waals surface area (Å²) < 4.78 is 42.3. The summed E-state index contributed by atoms with van der Waals surface area (Å²) in [5.74, 6) is -0.0699. The Balaban J connectivity index is 1.57.